The van der Waals surface area contributed by atoms with Gasteiger partial charge < -0.3 is 25.6 Å². The summed E-state index contributed by atoms with van der Waals surface area (Å²) in [6.45, 7) is 2.75. The van der Waals surface area contributed by atoms with Crippen LogP contribution in [0.15, 0.2) is 18.2 Å². The molecule has 0 saturated carbocycles. The topological polar surface area (TPSA) is 96.0 Å². The number of nitrogens with two attached hydrogens (primary N) is 1. The van der Waals surface area contributed by atoms with E-state index in [9.17, 15) is 15.0 Å². The number of carboxylic acids is 1. The molecule has 104 valence electrons. The fourth-order valence-corrected chi connectivity index (χ4v) is 2.23. The molecule has 1 aromatic carbocycles. The lowest BCUT2D eigenvalue weighted by atomic mass is 10.1. The summed E-state index contributed by atoms with van der Waals surface area (Å²) in [7, 11) is 0. The maximum Gasteiger partial charge on any atom is 0.337 e. The van der Waals surface area contributed by atoms with Crippen molar-refractivity contribution >= 4 is 17.3 Å². The van der Waals surface area contributed by atoms with E-state index in [2.05, 4.69) is 0 Å². The molecule has 2 atom stereocenters. The van der Waals surface area contributed by atoms with Crippen molar-refractivity contribution < 1.29 is 19.7 Å². The first-order chi connectivity index (χ1) is 9.02. The molecule has 1 saturated heterocycles. The van der Waals surface area contributed by atoms with Crippen LogP contribution in [-0.2, 0) is 4.74 Å². The second-order valence-corrected chi connectivity index (χ2v) is 4.72. The number of carboxylic acid groups (broad SMARTS) is 1. The molecule has 1 fully saturated rings. The molecule has 6 nitrogen and oxygen atoms in total. The van der Waals surface area contributed by atoms with Crippen LogP contribution in [0.2, 0.25) is 0 Å². The van der Waals surface area contributed by atoms with Crippen LogP contribution >= 0.6 is 0 Å². The van der Waals surface area contributed by atoms with Crippen LogP contribution in [0.4, 0.5) is 11.4 Å². The minimum absolute atomic E-state index is 0.0303. The Morgan fingerprint density at radius 2 is 2.32 bits per heavy atom. The van der Waals surface area contributed by atoms with Gasteiger partial charge in [-0.15, -0.1) is 0 Å². The summed E-state index contributed by atoms with van der Waals surface area (Å²) in [5.74, 6) is -0.991. The van der Waals surface area contributed by atoms with Crippen LogP contribution in [0.3, 0.4) is 0 Å². The number of nitrogen functional groups attached to an aromatic ring is 1. The number of aromatic carboxylic acids is 1. The number of ether oxygens (including phenoxy) is 1. The Morgan fingerprint density at radius 1 is 1.58 bits per heavy atom. The fraction of sp³-hybridized carbons (Fsp3) is 0.462. The monoisotopic (exact) mass is 266 g/mol. The Kier molecular flexibility index (Phi) is 3.92. The highest BCUT2D eigenvalue weighted by molar-refractivity contribution is 5.95. The van der Waals surface area contributed by atoms with E-state index in [0.29, 0.717) is 24.5 Å². The largest absolute Gasteiger partial charge is 0.478 e. The molecule has 6 heteroatoms. The predicted octanol–water partition coefficient (Wildman–Crippen LogP) is 0.553. The van der Waals surface area contributed by atoms with Crippen molar-refractivity contribution in [3.63, 3.8) is 0 Å². The lowest BCUT2D eigenvalue weighted by Crippen LogP contribution is -2.50. The minimum atomic E-state index is -0.991. The first-order valence-corrected chi connectivity index (χ1v) is 6.15. The summed E-state index contributed by atoms with van der Waals surface area (Å²) >= 11 is 0. The zero-order valence-corrected chi connectivity index (χ0v) is 10.7. The highest BCUT2D eigenvalue weighted by Gasteiger charge is 2.28. The fourth-order valence-electron chi connectivity index (χ4n) is 2.23. The molecule has 1 heterocycles. The quantitative estimate of drug-likeness (QED) is 0.692. The predicted molar refractivity (Wildman–Crippen MR) is 71.4 cm³/mol. The van der Waals surface area contributed by atoms with Crippen molar-refractivity contribution in [2.45, 2.75) is 19.1 Å². The number of benzene rings is 1. The number of morpholine rings is 1. The molecule has 19 heavy (non-hydrogen) atoms. The van der Waals surface area contributed by atoms with Crippen molar-refractivity contribution in [1.29, 1.82) is 0 Å². The summed E-state index contributed by atoms with van der Waals surface area (Å²) in [5, 5.41) is 18.4. The number of nitrogens with zero attached hydrogens (tertiary/aromatic N) is 1. The molecule has 0 spiro atoms. The molecule has 0 aliphatic carbocycles. The van der Waals surface area contributed by atoms with Crippen LogP contribution < -0.4 is 10.6 Å². The van der Waals surface area contributed by atoms with Gasteiger partial charge in [0.2, 0.25) is 0 Å². The summed E-state index contributed by atoms with van der Waals surface area (Å²) in [4.78, 5) is 13.2. The Hall–Kier alpha value is -1.79. The Bertz CT molecular complexity index is 478. The van der Waals surface area contributed by atoms with E-state index >= 15 is 0 Å². The van der Waals surface area contributed by atoms with E-state index in [4.69, 9.17) is 10.5 Å². The first kappa shape index (κ1) is 13.6. The molecule has 0 aromatic heterocycles. The van der Waals surface area contributed by atoms with Gasteiger partial charge in [0.1, 0.15) is 0 Å². The number of hydrogen-bond donors (Lipinski definition) is 3. The minimum Gasteiger partial charge on any atom is -0.478 e. The van der Waals surface area contributed by atoms with Gasteiger partial charge >= 0.3 is 5.97 Å². The van der Waals surface area contributed by atoms with Gasteiger partial charge in [0.25, 0.3) is 0 Å². The summed E-state index contributed by atoms with van der Waals surface area (Å²) < 4.78 is 5.45. The Balaban J connectivity index is 2.38. The van der Waals surface area contributed by atoms with E-state index in [1.165, 1.54) is 6.07 Å². The van der Waals surface area contributed by atoms with Crippen molar-refractivity contribution in [2.75, 3.05) is 30.4 Å². The molecule has 1 aliphatic heterocycles. The van der Waals surface area contributed by atoms with Gasteiger partial charge in [0.15, 0.2) is 0 Å². The van der Waals surface area contributed by atoms with E-state index in [-0.39, 0.29) is 24.3 Å². The van der Waals surface area contributed by atoms with E-state index in [1.54, 1.807) is 12.1 Å². The van der Waals surface area contributed by atoms with E-state index in [1.807, 2.05) is 11.8 Å². The lowest BCUT2D eigenvalue weighted by molar-refractivity contribution is -0.0104. The molecular weight excluding hydrogens is 248 g/mol. The molecule has 2 rings (SSSR count). The molecule has 4 N–H and O–H groups in total. The van der Waals surface area contributed by atoms with Gasteiger partial charge in [-0.1, -0.05) is 0 Å². The Labute approximate surface area is 111 Å². The highest BCUT2D eigenvalue weighted by atomic mass is 16.5. The van der Waals surface area contributed by atoms with Crippen molar-refractivity contribution in [1.82, 2.24) is 0 Å². The Morgan fingerprint density at radius 3 is 2.95 bits per heavy atom. The van der Waals surface area contributed by atoms with Crippen LogP contribution in [0, 0.1) is 0 Å². The molecule has 1 aromatic rings. The highest BCUT2D eigenvalue weighted by Crippen LogP contribution is 2.28. The zero-order valence-electron chi connectivity index (χ0n) is 10.7. The van der Waals surface area contributed by atoms with Crippen molar-refractivity contribution in [3.8, 4) is 0 Å². The SMILES string of the molecule is CC1COC(CO)CN1c1cc(N)ccc1C(=O)O. The molecule has 2 unspecified atom stereocenters. The first-order valence-electron chi connectivity index (χ1n) is 6.15. The van der Waals surface area contributed by atoms with Crippen molar-refractivity contribution in [2.24, 2.45) is 0 Å². The summed E-state index contributed by atoms with van der Waals surface area (Å²) in [6.07, 6.45) is -0.306. The van der Waals surface area contributed by atoms with E-state index in [0.717, 1.165) is 0 Å². The van der Waals surface area contributed by atoms with Crippen molar-refractivity contribution in [3.05, 3.63) is 23.8 Å². The van der Waals surface area contributed by atoms with Gasteiger partial charge in [0, 0.05) is 18.3 Å². The van der Waals surface area contributed by atoms with Crippen LogP contribution in [-0.4, -0.2) is 48.1 Å². The average Bonchev–Trinajstić information content (AvgIpc) is 2.38. The van der Waals surface area contributed by atoms with Crippen LogP contribution in [0.1, 0.15) is 17.3 Å². The van der Waals surface area contributed by atoms with Gasteiger partial charge in [-0.2, -0.15) is 0 Å². The molecule has 0 amide bonds. The normalized spacial score (nSPS) is 23.4. The molecule has 0 radical (unpaired) electrons. The molecule has 1 aliphatic rings. The second kappa shape index (κ2) is 5.46. The van der Waals surface area contributed by atoms with Crippen LogP contribution in [0.25, 0.3) is 0 Å². The van der Waals surface area contributed by atoms with Crippen LogP contribution in [0.5, 0.6) is 0 Å². The molecule has 0 bridgehead atoms. The summed E-state index contributed by atoms with van der Waals surface area (Å²) in [5.41, 5.74) is 7.04. The number of carbonyl (C=O) groups is 1. The lowest BCUT2D eigenvalue weighted by Gasteiger charge is -2.39. The summed E-state index contributed by atoms with van der Waals surface area (Å²) in [6, 6.07) is 4.76. The van der Waals surface area contributed by atoms with Gasteiger partial charge in [-0.3, -0.25) is 0 Å². The number of anilines is 2. The van der Waals surface area contributed by atoms with E-state index < -0.39 is 5.97 Å². The third-order valence-electron chi connectivity index (χ3n) is 3.27. The van der Waals surface area contributed by atoms with Gasteiger partial charge in [0.05, 0.1) is 30.6 Å². The molecular formula is C13H18N2O4. The smallest absolute Gasteiger partial charge is 0.337 e. The standard InChI is InChI=1S/C13H18N2O4/c1-8-7-19-10(6-16)5-15(8)12-4-9(14)2-3-11(12)13(17)18/h2-4,8,10,16H,5-7,14H2,1H3,(H,17,18). The number of rotatable bonds is 3. The number of hydrogen-bond acceptors (Lipinski definition) is 5. The zero-order chi connectivity index (χ0) is 14.0. The van der Waals surface area contributed by atoms with Gasteiger partial charge in [-0.25, -0.2) is 4.79 Å². The van der Waals surface area contributed by atoms with Gasteiger partial charge in [-0.05, 0) is 25.1 Å². The maximum absolute atomic E-state index is 11.3. The second-order valence-electron chi connectivity index (χ2n) is 4.72. The number of aliphatic hydroxyl groups excluding tert-OH is 1. The third-order valence-corrected chi connectivity index (χ3v) is 3.27. The maximum atomic E-state index is 11.3. The average molecular weight is 266 g/mol. The third kappa shape index (κ3) is 2.80. The number of aliphatic hydroxyl groups is 1.